The molecule has 0 aromatic heterocycles. The molecule has 0 saturated carbocycles. The number of esters is 1. The Balaban J connectivity index is 3.32. The van der Waals surface area contributed by atoms with Crippen LogP contribution in [-0.4, -0.2) is 28.1 Å². The Kier molecular flexibility index (Phi) is 8.32. The van der Waals surface area contributed by atoms with Gasteiger partial charge in [0.25, 0.3) is 0 Å². The van der Waals surface area contributed by atoms with Gasteiger partial charge in [-0.15, -0.1) is 0 Å². The van der Waals surface area contributed by atoms with Crippen molar-refractivity contribution >= 4 is 34.9 Å². The summed E-state index contributed by atoms with van der Waals surface area (Å²) >= 11 is 5.47. The molecule has 0 atom stereocenters. The first-order valence-corrected chi connectivity index (χ1v) is 9.15. The fraction of sp³-hybridized carbons (Fsp3) is 0.667. The predicted molar refractivity (Wildman–Crippen MR) is 70.8 cm³/mol. The van der Waals surface area contributed by atoms with Gasteiger partial charge in [-0.2, -0.15) is 0 Å². The van der Waals surface area contributed by atoms with Crippen molar-refractivity contribution < 1.29 is 19.3 Å². The van der Waals surface area contributed by atoms with E-state index in [-0.39, 0.29) is 5.97 Å². The zero-order valence-electron chi connectivity index (χ0n) is 9.22. The minimum Gasteiger partial charge on any atom is -0.462 e. The zero-order valence-corrected chi connectivity index (χ0v) is 11.7. The maximum Gasteiger partial charge on any atom is 0.333 e. The maximum atomic E-state index is 11.0. The van der Waals surface area contributed by atoms with Crippen molar-refractivity contribution in [3.8, 4) is 0 Å². The highest BCUT2D eigenvalue weighted by Crippen LogP contribution is 2.50. The molecule has 0 saturated heterocycles. The van der Waals surface area contributed by atoms with Crippen LogP contribution in [0.15, 0.2) is 12.2 Å². The lowest BCUT2D eigenvalue weighted by Gasteiger charge is -2.06. The lowest BCUT2D eigenvalue weighted by molar-refractivity contribution is -0.139. The third-order valence-corrected chi connectivity index (χ3v) is 4.94. The topological polar surface area (TPSA) is 66.8 Å². The van der Waals surface area contributed by atoms with E-state index in [1.165, 1.54) is 0 Å². The molecule has 0 amide bonds. The van der Waals surface area contributed by atoms with Gasteiger partial charge in [0.2, 0.25) is 5.69 Å². The first kappa shape index (κ1) is 16.1. The molecule has 0 radical (unpaired) electrons. The molecule has 0 unspecified atom stereocenters. The van der Waals surface area contributed by atoms with E-state index in [1.54, 1.807) is 6.92 Å². The van der Waals surface area contributed by atoms with Gasteiger partial charge < -0.3 is 14.5 Å². The van der Waals surface area contributed by atoms with Gasteiger partial charge in [0, 0.05) is 11.3 Å². The summed E-state index contributed by atoms with van der Waals surface area (Å²) in [7, 11) is 0. The molecule has 0 rings (SSSR count). The second-order valence-electron chi connectivity index (χ2n) is 3.30. The van der Waals surface area contributed by atoms with E-state index in [1.807, 2.05) is 0 Å². The summed E-state index contributed by atoms with van der Waals surface area (Å²) < 4.78 is 4.89. The Morgan fingerprint density at radius 2 is 2.06 bits per heavy atom. The van der Waals surface area contributed by atoms with Crippen LogP contribution in [0.4, 0.5) is 0 Å². The fourth-order valence-corrected chi connectivity index (χ4v) is 3.20. The smallest absolute Gasteiger partial charge is 0.333 e. The largest absolute Gasteiger partial charge is 0.462 e. The molecule has 0 fully saturated rings. The Morgan fingerprint density at radius 1 is 1.44 bits per heavy atom. The predicted octanol–water partition coefficient (Wildman–Crippen LogP) is 2.22. The van der Waals surface area contributed by atoms with E-state index in [0.717, 1.165) is 30.6 Å². The summed E-state index contributed by atoms with van der Waals surface area (Å²) in [6, 6.07) is 0. The lowest BCUT2D eigenvalue weighted by Crippen LogP contribution is -2.06. The fourth-order valence-electron chi connectivity index (χ4n) is 0.852. The molecule has 0 spiro atoms. The monoisotopic (exact) mass is 284 g/mol. The van der Waals surface area contributed by atoms with Crippen LogP contribution in [0.25, 0.3) is 0 Å². The number of unbranched alkanes of at least 4 members (excludes halogenated alkanes) is 2. The van der Waals surface area contributed by atoms with Crippen LogP contribution in [0.3, 0.4) is 0 Å². The van der Waals surface area contributed by atoms with Crippen LogP contribution in [0, 0.1) is 0 Å². The van der Waals surface area contributed by atoms with Gasteiger partial charge in [-0.05, 0) is 38.0 Å². The van der Waals surface area contributed by atoms with Crippen LogP contribution < -0.4 is 0 Å². The molecule has 0 aliphatic carbocycles. The Bertz CT molecular complexity index is 287. The molecule has 0 aliphatic heterocycles. The molecule has 0 bridgehead atoms. The van der Waals surface area contributed by atoms with Crippen molar-refractivity contribution in [1.82, 2.24) is 0 Å². The first-order valence-electron chi connectivity index (χ1n) is 4.85. The van der Waals surface area contributed by atoms with E-state index >= 15 is 0 Å². The average molecular weight is 284 g/mol. The van der Waals surface area contributed by atoms with E-state index in [9.17, 15) is 4.79 Å². The standard InChI is InChI=1S/C9H17O4PS2/c1-8(2)9(10)13-6-4-3-5-7-16-14(11,12)15/h1,3-7H2,2H3,(H2,11,12,15). The summed E-state index contributed by atoms with van der Waals surface area (Å²) in [6.07, 6.45) is 2.46. The summed E-state index contributed by atoms with van der Waals surface area (Å²) in [6.45, 7) is 5.45. The summed E-state index contributed by atoms with van der Waals surface area (Å²) in [4.78, 5) is 28.8. The number of hydrogen-bond acceptors (Lipinski definition) is 4. The van der Waals surface area contributed by atoms with Crippen LogP contribution in [-0.2, 0) is 21.3 Å². The molecule has 0 aromatic carbocycles. The molecule has 7 heteroatoms. The molecule has 0 heterocycles. The third-order valence-electron chi connectivity index (χ3n) is 1.63. The van der Waals surface area contributed by atoms with Crippen molar-refractivity contribution in [3.63, 3.8) is 0 Å². The van der Waals surface area contributed by atoms with Crippen molar-refractivity contribution in [3.05, 3.63) is 12.2 Å². The quantitative estimate of drug-likeness (QED) is 0.308. The van der Waals surface area contributed by atoms with Gasteiger partial charge in [0.05, 0.1) is 6.61 Å². The molecule has 2 N–H and O–H groups in total. The normalized spacial score (nSPS) is 11.2. The van der Waals surface area contributed by atoms with Gasteiger partial charge >= 0.3 is 5.97 Å². The van der Waals surface area contributed by atoms with Crippen molar-refractivity contribution in [1.29, 1.82) is 0 Å². The SMILES string of the molecule is C=C(C)C(=O)OCCCCCSP(O)(O)=S. The van der Waals surface area contributed by atoms with Crippen LogP contribution in [0.1, 0.15) is 26.2 Å². The van der Waals surface area contributed by atoms with Gasteiger partial charge in [0.1, 0.15) is 0 Å². The second kappa shape index (κ2) is 8.25. The molecular formula is C9H17O4PS2. The number of ether oxygens (including phenoxy) is 1. The summed E-state index contributed by atoms with van der Waals surface area (Å²) in [5, 5.41) is 0. The minimum absolute atomic E-state index is 0.365. The molecule has 4 nitrogen and oxygen atoms in total. The van der Waals surface area contributed by atoms with Crippen molar-refractivity contribution in [2.24, 2.45) is 0 Å². The zero-order chi connectivity index (χ0) is 12.6. The number of carbonyl (C=O) groups is 1. The first-order chi connectivity index (χ1) is 7.33. The number of hydrogen-bond donors (Lipinski definition) is 2. The van der Waals surface area contributed by atoms with E-state index in [2.05, 4.69) is 18.4 Å². The summed E-state index contributed by atoms with van der Waals surface area (Å²) in [5.41, 5.74) is -2.70. The highest BCUT2D eigenvalue weighted by molar-refractivity contribution is 8.67. The minimum atomic E-state index is -3.10. The van der Waals surface area contributed by atoms with E-state index in [4.69, 9.17) is 14.5 Å². The second-order valence-corrected chi connectivity index (χ2v) is 9.47. The highest BCUT2D eigenvalue weighted by Gasteiger charge is 2.07. The van der Waals surface area contributed by atoms with Gasteiger partial charge in [-0.1, -0.05) is 18.0 Å². The van der Waals surface area contributed by atoms with Crippen molar-refractivity contribution in [2.75, 3.05) is 12.4 Å². The lowest BCUT2D eigenvalue weighted by atomic mass is 10.3. The van der Waals surface area contributed by atoms with Crippen molar-refractivity contribution in [2.45, 2.75) is 26.2 Å². The molecule has 94 valence electrons. The maximum absolute atomic E-state index is 11.0. The Labute approximate surface area is 105 Å². The molecule has 0 aliphatic rings. The Morgan fingerprint density at radius 3 is 2.56 bits per heavy atom. The van der Waals surface area contributed by atoms with Crippen LogP contribution in [0.5, 0.6) is 0 Å². The number of carbonyl (C=O) groups excluding carboxylic acids is 1. The Hall–Kier alpha value is 0.130. The molecular weight excluding hydrogens is 267 g/mol. The van der Waals surface area contributed by atoms with E-state index in [0.29, 0.717) is 17.9 Å². The highest BCUT2D eigenvalue weighted by atomic mass is 32.9. The molecule has 0 aromatic rings. The molecule has 16 heavy (non-hydrogen) atoms. The van der Waals surface area contributed by atoms with Crippen LogP contribution in [0.2, 0.25) is 0 Å². The van der Waals surface area contributed by atoms with Gasteiger partial charge in [-0.3, -0.25) is 0 Å². The van der Waals surface area contributed by atoms with E-state index < -0.39 is 5.69 Å². The average Bonchev–Trinajstić information content (AvgIpc) is 2.14. The van der Waals surface area contributed by atoms with Gasteiger partial charge in [-0.25, -0.2) is 4.79 Å². The van der Waals surface area contributed by atoms with Crippen LogP contribution >= 0.6 is 17.1 Å². The van der Waals surface area contributed by atoms with Gasteiger partial charge in [0.15, 0.2) is 0 Å². The number of rotatable bonds is 8. The third kappa shape index (κ3) is 10.6. The summed E-state index contributed by atoms with van der Waals surface area (Å²) in [5.74, 6) is 0.259.